The highest BCUT2D eigenvalue weighted by Crippen LogP contribution is 2.16. The smallest absolute Gasteiger partial charge is 0.321 e. The first-order valence-corrected chi connectivity index (χ1v) is 4.68. The summed E-state index contributed by atoms with van der Waals surface area (Å²) in [5.41, 5.74) is 5.10. The molecule has 0 rings (SSSR count). The largest absolute Gasteiger partial charge is 0.429 e. The van der Waals surface area contributed by atoms with Crippen LogP contribution in [0, 0.1) is 0 Å². The molecule has 0 aliphatic heterocycles. The summed E-state index contributed by atoms with van der Waals surface area (Å²) in [6.45, 7) is 1.53. The standard InChI is InChI=1S/C5H11NO5S/c1-2-3-5(6,11-4-7)12(8,9)10/h4H,2-3,6H2,1H3,(H,8,9,10). The van der Waals surface area contributed by atoms with Gasteiger partial charge in [-0.25, -0.2) is 0 Å². The van der Waals surface area contributed by atoms with E-state index in [0.29, 0.717) is 6.42 Å². The fraction of sp³-hybridized carbons (Fsp3) is 0.800. The van der Waals surface area contributed by atoms with Crippen molar-refractivity contribution in [2.45, 2.75) is 24.8 Å². The van der Waals surface area contributed by atoms with Gasteiger partial charge in [0.2, 0.25) is 0 Å². The maximum absolute atomic E-state index is 10.6. The molecule has 0 amide bonds. The molecule has 0 fully saturated rings. The van der Waals surface area contributed by atoms with Crippen molar-refractivity contribution < 1.29 is 22.5 Å². The lowest BCUT2D eigenvalue weighted by Gasteiger charge is -2.22. The first-order valence-electron chi connectivity index (χ1n) is 3.24. The Morgan fingerprint density at radius 1 is 1.67 bits per heavy atom. The lowest BCUT2D eigenvalue weighted by molar-refractivity contribution is -0.137. The van der Waals surface area contributed by atoms with Crippen LogP contribution >= 0.6 is 0 Å². The minimum Gasteiger partial charge on any atom is -0.429 e. The average Bonchev–Trinajstić information content (AvgIpc) is 1.86. The molecule has 0 heterocycles. The molecule has 0 bridgehead atoms. The third-order valence-electron chi connectivity index (χ3n) is 1.28. The number of rotatable bonds is 5. The van der Waals surface area contributed by atoms with E-state index in [9.17, 15) is 13.2 Å². The van der Waals surface area contributed by atoms with E-state index < -0.39 is 15.2 Å². The van der Waals surface area contributed by atoms with E-state index in [1.807, 2.05) is 0 Å². The summed E-state index contributed by atoms with van der Waals surface area (Å²) >= 11 is 0. The molecule has 0 aromatic carbocycles. The molecule has 0 radical (unpaired) electrons. The van der Waals surface area contributed by atoms with Crippen molar-refractivity contribution in [3.8, 4) is 0 Å². The first kappa shape index (κ1) is 11.3. The van der Waals surface area contributed by atoms with Crippen LogP contribution in [0.25, 0.3) is 0 Å². The maximum atomic E-state index is 10.6. The highest BCUT2D eigenvalue weighted by atomic mass is 32.2. The molecule has 0 aliphatic rings. The van der Waals surface area contributed by atoms with Gasteiger partial charge in [0, 0.05) is 6.42 Å². The van der Waals surface area contributed by atoms with Gasteiger partial charge in [0.1, 0.15) is 0 Å². The third-order valence-corrected chi connectivity index (χ3v) is 2.46. The van der Waals surface area contributed by atoms with E-state index in [-0.39, 0.29) is 12.9 Å². The van der Waals surface area contributed by atoms with E-state index in [4.69, 9.17) is 10.3 Å². The van der Waals surface area contributed by atoms with Gasteiger partial charge >= 0.3 is 10.1 Å². The van der Waals surface area contributed by atoms with Crippen molar-refractivity contribution in [2.75, 3.05) is 0 Å². The molecule has 6 nitrogen and oxygen atoms in total. The van der Waals surface area contributed by atoms with Crippen LogP contribution in [0.1, 0.15) is 19.8 Å². The van der Waals surface area contributed by atoms with Crippen molar-refractivity contribution in [3.63, 3.8) is 0 Å². The van der Waals surface area contributed by atoms with Crippen LogP contribution in [0.3, 0.4) is 0 Å². The fourth-order valence-corrected chi connectivity index (χ4v) is 1.30. The van der Waals surface area contributed by atoms with Crippen molar-refractivity contribution >= 4 is 16.6 Å². The Labute approximate surface area is 70.4 Å². The summed E-state index contributed by atoms with van der Waals surface area (Å²) in [6.07, 6.45) is 0.217. The van der Waals surface area contributed by atoms with E-state index >= 15 is 0 Å². The maximum Gasteiger partial charge on any atom is 0.321 e. The minimum atomic E-state index is -4.56. The molecule has 72 valence electrons. The van der Waals surface area contributed by atoms with Crippen LogP contribution in [-0.4, -0.2) is 24.5 Å². The lowest BCUT2D eigenvalue weighted by Crippen LogP contribution is -2.49. The molecule has 1 unspecified atom stereocenters. The Kier molecular flexibility index (Phi) is 3.62. The van der Waals surface area contributed by atoms with Crippen molar-refractivity contribution in [1.29, 1.82) is 0 Å². The lowest BCUT2D eigenvalue weighted by atomic mass is 10.3. The van der Waals surface area contributed by atoms with Gasteiger partial charge in [-0.2, -0.15) is 8.42 Å². The number of hydrogen-bond acceptors (Lipinski definition) is 5. The van der Waals surface area contributed by atoms with Crippen LogP contribution in [0.15, 0.2) is 0 Å². The summed E-state index contributed by atoms with van der Waals surface area (Å²) in [7, 11) is -4.56. The van der Waals surface area contributed by atoms with Gasteiger partial charge < -0.3 is 4.74 Å². The molecule has 0 saturated carbocycles. The quantitative estimate of drug-likeness (QED) is 0.348. The molecule has 0 aromatic heterocycles. The van der Waals surface area contributed by atoms with Gasteiger partial charge in [0.05, 0.1) is 0 Å². The molecule has 12 heavy (non-hydrogen) atoms. The van der Waals surface area contributed by atoms with Gasteiger partial charge in [-0.15, -0.1) is 0 Å². The summed E-state index contributed by atoms with van der Waals surface area (Å²) in [4.78, 5) is 9.86. The first-order chi connectivity index (χ1) is 5.37. The molecule has 1 atom stereocenters. The SMILES string of the molecule is CCCC(N)(OC=O)S(=O)(=O)O. The number of carbonyl (C=O) groups is 1. The molecular weight excluding hydrogens is 186 g/mol. The summed E-state index contributed by atoms with van der Waals surface area (Å²) in [5.74, 6) is 0. The topological polar surface area (TPSA) is 107 Å². The zero-order valence-corrected chi connectivity index (χ0v) is 7.37. The molecule has 0 aromatic rings. The van der Waals surface area contributed by atoms with Crippen LogP contribution in [0.5, 0.6) is 0 Å². The number of ether oxygens (including phenoxy) is 1. The molecule has 0 spiro atoms. The van der Waals surface area contributed by atoms with Crippen molar-refractivity contribution in [3.05, 3.63) is 0 Å². The van der Waals surface area contributed by atoms with Crippen molar-refractivity contribution in [2.24, 2.45) is 5.73 Å². The van der Waals surface area contributed by atoms with E-state index in [1.54, 1.807) is 6.92 Å². The number of carbonyl (C=O) groups excluding carboxylic acids is 1. The Morgan fingerprint density at radius 3 is 2.42 bits per heavy atom. The second-order valence-electron chi connectivity index (χ2n) is 2.25. The second kappa shape index (κ2) is 3.83. The molecule has 7 heteroatoms. The van der Waals surface area contributed by atoms with Crippen LogP contribution in [0.4, 0.5) is 0 Å². The normalized spacial score (nSPS) is 16.6. The van der Waals surface area contributed by atoms with Crippen LogP contribution in [-0.2, 0) is 19.6 Å². The van der Waals surface area contributed by atoms with Gasteiger partial charge in [-0.05, 0) is 6.42 Å². The predicted octanol–water partition coefficient (Wildman–Crippen LogP) is -0.540. The van der Waals surface area contributed by atoms with Gasteiger partial charge in [0.25, 0.3) is 11.5 Å². The molecule has 0 saturated heterocycles. The monoisotopic (exact) mass is 197 g/mol. The van der Waals surface area contributed by atoms with Crippen LogP contribution in [0.2, 0.25) is 0 Å². The van der Waals surface area contributed by atoms with Crippen LogP contribution < -0.4 is 5.73 Å². The van der Waals surface area contributed by atoms with E-state index in [2.05, 4.69) is 4.74 Å². The summed E-state index contributed by atoms with van der Waals surface area (Å²) in [6, 6.07) is 0. The highest BCUT2D eigenvalue weighted by Gasteiger charge is 2.40. The van der Waals surface area contributed by atoms with Gasteiger partial charge in [-0.3, -0.25) is 15.1 Å². The minimum absolute atomic E-state index is 0.108. The zero-order chi connectivity index (χ0) is 9.83. The molecule has 3 N–H and O–H groups in total. The summed E-state index contributed by atoms with van der Waals surface area (Å²) < 4.78 is 33.8. The second-order valence-corrected chi connectivity index (χ2v) is 3.89. The molecular formula is C5H11NO5S. The van der Waals surface area contributed by atoms with E-state index in [0.717, 1.165) is 0 Å². The molecule has 0 aliphatic carbocycles. The Balaban J connectivity index is 4.73. The van der Waals surface area contributed by atoms with Crippen molar-refractivity contribution in [1.82, 2.24) is 0 Å². The summed E-state index contributed by atoms with van der Waals surface area (Å²) in [5, 5.41) is -2.30. The number of nitrogens with two attached hydrogens (primary N) is 1. The third kappa shape index (κ3) is 2.43. The zero-order valence-electron chi connectivity index (χ0n) is 6.56. The Hall–Kier alpha value is -0.660. The van der Waals surface area contributed by atoms with Gasteiger partial charge in [-0.1, -0.05) is 6.92 Å². The Bertz CT molecular complexity index is 249. The average molecular weight is 197 g/mol. The Morgan fingerprint density at radius 2 is 2.17 bits per heavy atom. The fourth-order valence-electron chi connectivity index (χ4n) is 0.679. The van der Waals surface area contributed by atoms with E-state index in [1.165, 1.54) is 0 Å². The number of hydrogen-bond donors (Lipinski definition) is 2. The van der Waals surface area contributed by atoms with Gasteiger partial charge in [0.15, 0.2) is 0 Å². The highest BCUT2D eigenvalue weighted by molar-refractivity contribution is 7.87. The predicted molar refractivity (Wildman–Crippen MR) is 40.5 cm³/mol.